The van der Waals surface area contributed by atoms with Crippen LogP contribution in [0.1, 0.15) is 26.2 Å². The van der Waals surface area contributed by atoms with Gasteiger partial charge in [0.15, 0.2) is 6.10 Å². The monoisotopic (exact) mass is 246 g/mol. The summed E-state index contributed by atoms with van der Waals surface area (Å²) in [5, 5.41) is 0. The van der Waals surface area contributed by atoms with Crippen LogP contribution in [0.2, 0.25) is 0 Å². The molecule has 4 heteroatoms. The van der Waals surface area contributed by atoms with Gasteiger partial charge < -0.3 is 15.4 Å². The molecule has 1 aromatic carbocycles. The molecule has 0 radical (unpaired) electrons. The van der Waals surface area contributed by atoms with Crippen molar-refractivity contribution in [3.63, 3.8) is 0 Å². The lowest BCUT2D eigenvalue weighted by molar-refractivity contribution is -0.125. The van der Waals surface area contributed by atoms with E-state index < -0.39 is 6.10 Å². The number of nitrogen functional groups attached to an aromatic ring is 1. The zero-order chi connectivity index (χ0) is 12.7. The van der Waals surface area contributed by atoms with Crippen LogP contribution in [0, 0.1) is 5.92 Å². The topological polar surface area (TPSA) is 55.6 Å². The zero-order valence-electron chi connectivity index (χ0n) is 10.6. The highest BCUT2D eigenvalue weighted by molar-refractivity contribution is 6.00. The molecule has 1 aromatic rings. The van der Waals surface area contributed by atoms with E-state index >= 15 is 0 Å². The van der Waals surface area contributed by atoms with Gasteiger partial charge in [-0.05, 0) is 31.4 Å². The lowest BCUT2D eigenvalue weighted by atomic mass is 10.1. The van der Waals surface area contributed by atoms with Crippen molar-refractivity contribution in [1.82, 2.24) is 0 Å². The molecule has 1 saturated carbocycles. The van der Waals surface area contributed by atoms with Crippen LogP contribution >= 0.6 is 0 Å². The quantitative estimate of drug-likeness (QED) is 0.832. The number of ether oxygens (including phenoxy) is 1. The highest BCUT2D eigenvalue weighted by Gasteiger charge is 2.32. The Morgan fingerprint density at radius 2 is 2.22 bits per heavy atom. The second kappa shape index (κ2) is 4.19. The van der Waals surface area contributed by atoms with Gasteiger partial charge in [0.2, 0.25) is 0 Å². The molecule has 1 aliphatic carbocycles. The predicted octanol–water partition coefficient (Wildman–Crippen LogP) is 2.18. The molecule has 1 heterocycles. The first-order valence-electron chi connectivity index (χ1n) is 6.52. The average Bonchev–Trinajstić information content (AvgIpc) is 3.14. The fourth-order valence-corrected chi connectivity index (χ4v) is 2.38. The van der Waals surface area contributed by atoms with E-state index in [4.69, 9.17) is 10.5 Å². The summed E-state index contributed by atoms with van der Waals surface area (Å²) in [5.74, 6) is 1.58. The summed E-state index contributed by atoms with van der Waals surface area (Å²) in [7, 11) is 0. The maximum absolute atomic E-state index is 12.2. The SMILES string of the molecule is CC1Oc2cc(N)ccc2N(CCC2CC2)C1=O. The molecule has 2 aliphatic rings. The Kier molecular flexibility index (Phi) is 2.65. The molecular weight excluding hydrogens is 228 g/mol. The van der Waals surface area contributed by atoms with Crippen molar-refractivity contribution < 1.29 is 9.53 Å². The van der Waals surface area contributed by atoms with E-state index in [0.29, 0.717) is 5.69 Å². The van der Waals surface area contributed by atoms with Crippen LogP contribution in [0.25, 0.3) is 0 Å². The molecule has 1 atom stereocenters. The molecule has 3 rings (SSSR count). The van der Waals surface area contributed by atoms with Crippen molar-refractivity contribution in [1.29, 1.82) is 0 Å². The first-order chi connectivity index (χ1) is 8.65. The van der Waals surface area contributed by atoms with Crippen molar-refractivity contribution >= 4 is 17.3 Å². The number of nitrogens with zero attached hydrogens (tertiary/aromatic N) is 1. The van der Waals surface area contributed by atoms with E-state index in [2.05, 4.69) is 0 Å². The van der Waals surface area contributed by atoms with Gasteiger partial charge in [-0.3, -0.25) is 4.79 Å². The van der Waals surface area contributed by atoms with Crippen LogP contribution in [-0.4, -0.2) is 18.6 Å². The Labute approximate surface area is 107 Å². The summed E-state index contributed by atoms with van der Waals surface area (Å²) in [6.45, 7) is 2.58. The van der Waals surface area contributed by atoms with E-state index in [0.717, 1.165) is 30.3 Å². The van der Waals surface area contributed by atoms with Gasteiger partial charge in [-0.15, -0.1) is 0 Å². The third-order valence-electron chi connectivity index (χ3n) is 3.65. The number of hydrogen-bond acceptors (Lipinski definition) is 3. The minimum absolute atomic E-state index is 0.0490. The van der Waals surface area contributed by atoms with Crippen LogP contribution in [0.15, 0.2) is 18.2 Å². The van der Waals surface area contributed by atoms with Crippen molar-refractivity contribution in [2.45, 2.75) is 32.3 Å². The third kappa shape index (κ3) is 2.03. The van der Waals surface area contributed by atoms with E-state index in [1.54, 1.807) is 13.0 Å². The maximum atomic E-state index is 12.2. The van der Waals surface area contributed by atoms with Crippen LogP contribution in [0.4, 0.5) is 11.4 Å². The van der Waals surface area contributed by atoms with Crippen LogP contribution in [0.3, 0.4) is 0 Å². The molecule has 0 saturated heterocycles. The van der Waals surface area contributed by atoms with Gasteiger partial charge in [0.25, 0.3) is 5.91 Å². The molecule has 2 N–H and O–H groups in total. The molecule has 18 heavy (non-hydrogen) atoms. The molecular formula is C14H18N2O2. The molecule has 4 nitrogen and oxygen atoms in total. The highest BCUT2D eigenvalue weighted by Crippen LogP contribution is 2.38. The molecule has 1 unspecified atom stereocenters. The van der Waals surface area contributed by atoms with Gasteiger partial charge in [-0.25, -0.2) is 0 Å². The first kappa shape index (κ1) is 11.4. The standard InChI is InChI=1S/C14H18N2O2/c1-9-14(17)16(7-6-10-2-3-10)12-5-4-11(15)8-13(12)18-9/h4-5,8-10H,2-3,6-7,15H2,1H3. The number of rotatable bonds is 3. The third-order valence-corrected chi connectivity index (χ3v) is 3.65. The second-order valence-corrected chi connectivity index (χ2v) is 5.21. The molecule has 1 fully saturated rings. The van der Waals surface area contributed by atoms with E-state index in [1.165, 1.54) is 12.8 Å². The molecule has 96 valence electrons. The summed E-state index contributed by atoms with van der Waals surface area (Å²) in [6, 6.07) is 5.49. The van der Waals surface area contributed by atoms with E-state index in [-0.39, 0.29) is 5.91 Å². The largest absolute Gasteiger partial charge is 0.479 e. The highest BCUT2D eigenvalue weighted by atomic mass is 16.5. The summed E-state index contributed by atoms with van der Waals surface area (Å²) in [5.41, 5.74) is 7.28. The average molecular weight is 246 g/mol. The second-order valence-electron chi connectivity index (χ2n) is 5.21. The fourth-order valence-electron chi connectivity index (χ4n) is 2.38. The number of anilines is 2. The number of carbonyl (C=O) groups excluding carboxylic acids is 1. The Morgan fingerprint density at radius 1 is 1.44 bits per heavy atom. The smallest absolute Gasteiger partial charge is 0.267 e. The van der Waals surface area contributed by atoms with Crippen molar-refractivity contribution in [2.75, 3.05) is 17.2 Å². The van der Waals surface area contributed by atoms with Crippen molar-refractivity contribution in [2.24, 2.45) is 5.92 Å². The maximum Gasteiger partial charge on any atom is 0.267 e. The number of nitrogens with two attached hydrogens (primary N) is 1. The number of fused-ring (bicyclic) bond motifs is 1. The number of benzene rings is 1. The van der Waals surface area contributed by atoms with Crippen molar-refractivity contribution in [3.05, 3.63) is 18.2 Å². The van der Waals surface area contributed by atoms with Gasteiger partial charge in [-0.2, -0.15) is 0 Å². The van der Waals surface area contributed by atoms with Crippen molar-refractivity contribution in [3.8, 4) is 5.75 Å². The number of carbonyl (C=O) groups is 1. The minimum atomic E-state index is -0.418. The minimum Gasteiger partial charge on any atom is -0.479 e. The number of amides is 1. The van der Waals surface area contributed by atoms with Gasteiger partial charge >= 0.3 is 0 Å². The lowest BCUT2D eigenvalue weighted by Crippen LogP contribution is -2.45. The first-order valence-corrected chi connectivity index (χ1v) is 6.52. The van der Waals surface area contributed by atoms with Crippen LogP contribution in [0.5, 0.6) is 5.75 Å². The Hall–Kier alpha value is -1.71. The van der Waals surface area contributed by atoms with Gasteiger partial charge in [0.1, 0.15) is 5.75 Å². The molecule has 1 aliphatic heterocycles. The van der Waals surface area contributed by atoms with Gasteiger partial charge in [0.05, 0.1) is 5.69 Å². The molecule has 0 bridgehead atoms. The Morgan fingerprint density at radius 3 is 2.94 bits per heavy atom. The Balaban J connectivity index is 1.88. The summed E-state index contributed by atoms with van der Waals surface area (Å²) in [6.07, 6.45) is 3.28. The normalized spacial score (nSPS) is 22.6. The van der Waals surface area contributed by atoms with Crippen LogP contribution in [-0.2, 0) is 4.79 Å². The van der Waals surface area contributed by atoms with E-state index in [1.807, 2.05) is 17.0 Å². The lowest BCUT2D eigenvalue weighted by Gasteiger charge is -2.33. The van der Waals surface area contributed by atoms with Crippen LogP contribution < -0.4 is 15.4 Å². The summed E-state index contributed by atoms with van der Waals surface area (Å²) < 4.78 is 5.61. The van der Waals surface area contributed by atoms with Gasteiger partial charge in [0, 0.05) is 18.3 Å². The van der Waals surface area contributed by atoms with Gasteiger partial charge in [-0.1, -0.05) is 12.8 Å². The summed E-state index contributed by atoms with van der Waals surface area (Å²) in [4.78, 5) is 14.0. The zero-order valence-corrected chi connectivity index (χ0v) is 10.6. The fraction of sp³-hybridized carbons (Fsp3) is 0.500. The predicted molar refractivity (Wildman–Crippen MR) is 70.6 cm³/mol. The molecule has 1 amide bonds. The number of hydrogen-bond donors (Lipinski definition) is 1. The Bertz CT molecular complexity index is 483. The molecule has 0 spiro atoms. The van der Waals surface area contributed by atoms with E-state index in [9.17, 15) is 4.79 Å². The molecule has 0 aromatic heterocycles. The summed E-state index contributed by atoms with van der Waals surface area (Å²) >= 11 is 0.